The van der Waals surface area contributed by atoms with Crippen LogP contribution in [0, 0.1) is 5.41 Å². The molecular weight excluding hydrogens is 296 g/mol. The second-order valence-corrected chi connectivity index (χ2v) is 7.36. The van der Waals surface area contributed by atoms with Crippen molar-refractivity contribution in [2.45, 2.75) is 46.5 Å². The Morgan fingerprint density at radius 2 is 1.74 bits per heavy atom. The topological polar surface area (TPSA) is 82.1 Å². The van der Waals surface area contributed by atoms with Crippen LogP contribution in [0.15, 0.2) is 5.10 Å². The third-order valence-electron chi connectivity index (χ3n) is 3.97. The van der Waals surface area contributed by atoms with Gasteiger partial charge in [-0.1, -0.05) is 20.8 Å². The quantitative estimate of drug-likeness (QED) is 0.814. The molecule has 0 bridgehead atoms. The number of carbonyl (C=O) groups is 3. The van der Waals surface area contributed by atoms with Crippen LogP contribution in [0.2, 0.25) is 0 Å². The van der Waals surface area contributed by atoms with Crippen LogP contribution in [0.3, 0.4) is 0 Å². The molecule has 7 heteroatoms. The van der Waals surface area contributed by atoms with Gasteiger partial charge < -0.3 is 9.80 Å². The molecule has 0 radical (unpaired) electrons. The molecule has 0 aromatic heterocycles. The first-order valence-electron chi connectivity index (χ1n) is 8.19. The fourth-order valence-electron chi connectivity index (χ4n) is 2.75. The lowest BCUT2D eigenvalue weighted by molar-refractivity contribution is -0.133. The Morgan fingerprint density at radius 3 is 2.35 bits per heavy atom. The second-order valence-electron chi connectivity index (χ2n) is 7.36. The number of hydrazone groups is 1. The average Bonchev–Trinajstić information content (AvgIpc) is 2.71. The SMILES string of the molecule is CC(C)(C)CC(=O)N1CCCN(C(=O)C2=NNC(=O)CC2)CC1. The normalized spacial score (nSPS) is 19.8. The summed E-state index contributed by atoms with van der Waals surface area (Å²) in [7, 11) is 0. The number of hydrogen-bond donors (Lipinski definition) is 1. The van der Waals surface area contributed by atoms with Crippen LogP contribution in [0.5, 0.6) is 0 Å². The lowest BCUT2D eigenvalue weighted by atomic mass is 9.91. The van der Waals surface area contributed by atoms with Gasteiger partial charge in [-0.3, -0.25) is 14.4 Å². The van der Waals surface area contributed by atoms with Gasteiger partial charge in [0, 0.05) is 45.4 Å². The highest BCUT2D eigenvalue weighted by Crippen LogP contribution is 2.20. The van der Waals surface area contributed by atoms with Crippen LogP contribution in [-0.2, 0) is 14.4 Å². The van der Waals surface area contributed by atoms with Gasteiger partial charge in [0.15, 0.2) is 0 Å². The molecule has 1 N–H and O–H groups in total. The van der Waals surface area contributed by atoms with E-state index in [1.54, 1.807) is 4.90 Å². The second kappa shape index (κ2) is 7.10. The largest absolute Gasteiger partial charge is 0.341 e. The van der Waals surface area contributed by atoms with Crippen molar-refractivity contribution in [2.24, 2.45) is 10.5 Å². The van der Waals surface area contributed by atoms with Crippen molar-refractivity contribution >= 4 is 23.4 Å². The summed E-state index contributed by atoms with van der Waals surface area (Å²) in [6, 6.07) is 0. The van der Waals surface area contributed by atoms with Crippen LogP contribution in [0.25, 0.3) is 0 Å². The minimum Gasteiger partial charge on any atom is -0.341 e. The molecule has 0 unspecified atom stereocenters. The number of hydrogen-bond acceptors (Lipinski definition) is 4. The van der Waals surface area contributed by atoms with Gasteiger partial charge in [0.05, 0.1) is 0 Å². The number of rotatable bonds is 2. The van der Waals surface area contributed by atoms with Gasteiger partial charge >= 0.3 is 0 Å². The van der Waals surface area contributed by atoms with Gasteiger partial charge in [-0.2, -0.15) is 5.10 Å². The Hall–Kier alpha value is -1.92. The molecule has 2 heterocycles. The van der Waals surface area contributed by atoms with E-state index in [2.05, 4.69) is 10.5 Å². The van der Waals surface area contributed by atoms with Crippen molar-refractivity contribution in [1.82, 2.24) is 15.2 Å². The van der Waals surface area contributed by atoms with E-state index >= 15 is 0 Å². The van der Waals surface area contributed by atoms with Crippen molar-refractivity contribution in [3.63, 3.8) is 0 Å². The van der Waals surface area contributed by atoms with Crippen LogP contribution < -0.4 is 5.43 Å². The molecule has 0 aromatic rings. The first-order valence-corrected chi connectivity index (χ1v) is 8.19. The summed E-state index contributed by atoms with van der Waals surface area (Å²) in [5.41, 5.74) is 2.73. The molecule has 2 rings (SSSR count). The molecule has 2 aliphatic rings. The first kappa shape index (κ1) is 17.4. The van der Waals surface area contributed by atoms with Crippen molar-refractivity contribution < 1.29 is 14.4 Å². The van der Waals surface area contributed by atoms with Crippen molar-refractivity contribution in [2.75, 3.05) is 26.2 Å². The lowest BCUT2D eigenvalue weighted by Crippen LogP contribution is -2.42. The highest BCUT2D eigenvalue weighted by atomic mass is 16.2. The summed E-state index contributed by atoms with van der Waals surface area (Å²) in [5.74, 6) is -0.138. The zero-order valence-corrected chi connectivity index (χ0v) is 14.2. The van der Waals surface area contributed by atoms with Crippen molar-refractivity contribution in [3.8, 4) is 0 Å². The van der Waals surface area contributed by atoms with Gasteiger partial charge in [-0.25, -0.2) is 5.43 Å². The predicted octanol–water partition coefficient (Wildman–Crippen LogP) is 0.750. The Kier molecular flexibility index (Phi) is 5.38. The molecule has 0 atom stereocenters. The molecule has 7 nitrogen and oxygen atoms in total. The molecule has 0 saturated carbocycles. The third kappa shape index (κ3) is 5.04. The Labute approximate surface area is 137 Å². The van der Waals surface area contributed by atoms with Gasteiger partial charge in [-0.05, 0) is 11.8 Å². The monoisotopic (exact) mass is 322 g/mol. The van der Waals surface area contributed by atoms with E-state index < -0.39 is 0 Å². The Bertz CT molecular complexity index is 522. The van der Waals surface area contributed by atoms with Crippen LogP contribution >= 0.6 is 0 Å². The van der Waals surface area contributed by atoms with E-state index in [0.717, 1.165) is 6.42 Å². The molecule has 3 amide bonds. The summed E-state index contributed by atoms with van der Waals surface area (Å²) in [6.45, 7) is 8.52. The van der Waals surface area contributed by atoms with E-state index in [-0.39, 0.29) is 23.1 Å². The molecular formula is C16H26N4O3. The van der Waals surface area contributed by atoms with Crippen LogP contribution in [0.4, 0.5) is 0 Å². The summed E-state index contributed by atoms with van der Waals surface area (Å²) >= 11 is 0. The van der Waals surface area contributed by atoms with E-state index in [1.807, 2.05) is 25.7 Å². The summed E-state index contributed by atoms with van der Waals surface area (Å²) in [4.78, 5) is 39.5. The molecule has 23 heavy (non-hydrogen) atoms. The third-order valence-corrected chi connectivity index (χ3v) is 3.97. The van der Waals surface area contributed by atoms with Crippen LogP contribution in [-0.4, -0.2) is 59.4 Å². The highest BCUT2D eigenvalue weighted by Gasteiger charge is 2.27. The Balaban J connectivity index is 1.92. The molecule has 2 aliphatic heterocycles. The average molecular weight is 322 g/mol. The lowest BCUT2D eigenvalue weighted by Gasteiger charge is -2.26. The highest BCUT2D eigenvalue weighted by molar-refractivity contribution is 6.39. The smallest absolute Gasteiger partial charge is 0.270 e. The van der Waals surface area contributed by atoms with Gasteiger partial charge in [-0.15, -0.1) is 0 Å². The zero-order valence-electron chi connectivity index (χ0n) is 14.2. The van der Waals surface area contributed by atoms with Crippen molar-refractivity contribution in [1.29, 1.82) is 0 Å². The molecule has 0 aliphatic carbocycles. The summed E-state index contributed by atoms with van der Waals surface area (Å²) < 4.78 is 0. The van der Waals surface area contributed by atoms with Crippen LogP contribution in [0.1, 0.15) is 46.5 Å². The van der Waals surface area contributed by atoms with E-state index in [4.69, 9.17) is 0 Å². The van der Waals surface area contributed by atoms with Gasteiger partial charge in [0.1, 0.15) is 5.71 Å². The maximum absolute atomic E-state index is 12.5. The number of nitrogens with one attached hydrogen (secondary N) is 1. The summed E-state index contributed by atoms with van der Waals surface area (Å²) in [6.07, 6.45) is 1.96. The molecule has 128 valence electrons. The zero-order chi connectivity index (χ0) is 17.0. The Morgan fingerprint density at radius 1 is 1.09 bits per heavy atom. The van der Waals surface area contributed by atoms with Crippen molar-refractivity contribution in [3.05, 3.63) is 0 Å². The maximum Gasteiger partial charge on any atom is 0.270 e. The molecule has 0 spiro atoms. The minimum atomic E-state index is -0.156. The van der Waals surface area contributed by atoms with E-state index in [9.17, 15) is 14.4 Å². The van der Waals surface area contributed by atoms with Gasteiger partial charge in [0.2, 0.25) is 11.8 Å². The van der Waals surface area contributed by atoms with E-state index in [0.29, 0.717) is 51.2 Å². The molecule has 1 saturated heterocycles. The fraction of sp³-hybridized carbons (Fsp3) is 0.750. The van der Waals surface area contributed by atoms with E-state index in [1.165, 1.54) is 0 Å². The number of amides is 3. The predicted molar refractivity (Wildman–Crippen MR) is 86.7 cm³/mol. The van der Waals surface area contributed by atoms with Gasteiger partial charge in [0.25, 0.3) is 5.91 Å². The molecule has 1 fully saturated rings. The molecule has 0 aromatic carbocycles. The summed E-state index contributed by atoms with van der Waals surface area (Å²) in [5, 5.41) is 3.86. The fourth-order valence-corrected chi connectivity index (χ4v) is 2.75. The number of carbonyl (C=O) groups excluding carboxylic acids is 3. The first-order chi connectivity index (χ1) is 10.8. The number of nitrogens with zero attached hydrogens (tertiary/aromatic N) is 3. The minimum absolute atomic E-state index is 0.0338. The standard InChI is InChI=1S/C16H26N4O3/c1-16(2,3)11-14(22)19-7-4-8-20(10-9-19)15(23)12-5-6-13(21)18-17-12/h4-11H2,1-3H3,(H,18,21). The maximum atomic E-state index is 12.5.